The maximum atomic E-state index is 9.81. The van der Waals surface area contributed by atoms with Crippen LogP contribution in [0.2, 0.25) is 0 Å². The second-order valence-electron chi connectivity index (χ2n) is 3.88. The average molecular weight is 315 g/mol. The van der Waals surface area contributed by atoms with Gasteiger partial charge in [-0.05, 0) is 28.9 Å². The van der Waals surface area contributed by atoms with E-state index in [9.17, 15) is 5.11 Å². The molecule has 0 radical (unpaired) electrons. The van der Waals surface area contributed by atoms with Gasteiger partial charge in [0, 0.05) is 9.85 Å². The first kappa shape index (κ1) is 12.5. The second kappa shape index (κ2) is 4.72. The van der Waals surface area contributed by atoms with E-state index in [1.54, 1.807) is 6.92 Å². The Morgan fingerprint density at radius 2 is 2.47 bits per heavy atom. The fraction of sp³-hybridized carbons (Fsp3) is 0.273. The molecule has 90 valence electrons. The lowest BCUT2D eigenvalue weighted by Crippen LogP contribution is -2.23. The van der Waals surface area contributed by atoms with Crippen molar-refractivity contribution in [2.24, 2.45) is 0 Å². The van der Waals surface area contributed by atoms with Crippen LogP contribution in [-0.4, -0.2) is 20.8 Å². The van der Waals surface area contributed by atoms with E-state index in [2.05, 4.69) is 32.6 Å². The van der Waals surface area contributed by atoms with Gasteiger partial charge in [0.05, 0.1) is 16.9 Å². The Kier molecular flexibility index (Phi) is 3.46. The first-order valence-electron chi connectivity index (χ1n) is 4.93. The van der Waals surface area contributed by atoms with Crippen LogP contribution in [0.5, 0.6) is 0 Å². The molecule has 4 nitrogen and oxygen atoms in total. The summed E-state index contributed by atoms with van der Waals surface area (Å²) in [5.41, 5.74) is -1.03. The highest BCUT2D eigenvalue weighted by Gasteiger charge is 2.21. The number of hydrogen-bond donors (Lipinski definition) is 1. The molecule has 0 aliphatic heterocycles. The highest BCUT2D eigenvalue weighted by Crippen LogP contribution is 2.28. The molecule has 17 heavy (non-hydrogen) atoms. The number of nitrogens with zero attached hydrogens (tertiary/aromatic N) is 2. The molecule has 0 saturated heterocycles. The van der Waals surface area contributed by atoms with E-state index in [4.69, 9.17) is 4.52 Å². The van der Waals surface area contributed by atoms with Crippen LogP contribution in [0, 0.1) is 0 Å². The van der Waals surface area contributed by atoms with Crippen LogP contribution in [0.1, 0.15) is 12.8 Å². The predicted octanol–water partition coefficient (Wildman–Crippen LogP) is 3.04. The van der Waals surface area contributed by atoms with Crippen LogP contribution in [0.25, 0.3) is 10.7 Å². The van der Waals surface area contributed by atoms with E-state index in [1.807, 2.05) is 11.4 Å². The standard InChI is InChI=1S/C11H11BrN2O2S/c1-3-11(2,15)5-9-13-10(14-16-9)8-4-7(12)6-17-8/h3-4,6,15H,1,5H2,2H3. The summed E-state index contributed by atoms with van der Waals surface area (Å²) in [6.07, 6.45) is 1.72. The van der Waals surface area contributed by atoms with Gasteiger partial charge in [-0.2, -0.15) is 4.98 Å². The van der Waals surface area contributed by atoms with Crippen molar-refractivity contribution in [3.8, 4) is 10.7 Å². The summed E-state index contributed by atoms with van der Waals surface area (Å²) >= 11 is 4.89. The minimum Gasteiger partial charge on any atom is -0.386 e. The molecule has 2 rings (SSSR count). The summed E-state index contributed by atoms with van der Waals surface area (Å²) in [7, 11) is 0. The van der Waals surface area contributed by atoms with Gasteiger partial charge in [-0.15, -0.1) is 17.9 Å². The molecule has 0 fully saturated rings. The first-order valence-corrected chi connectivity index (χ1v) is 6.60. The molecule has 0 aromatic carbocycles. The molecule has 0 aliphatic carbocycles. The highest BCUT2D eigenvalue weighted by atomic mass is 79.9. The summed E-state index contributed by atoms with van der Waals surface area (Å²) < 4.78 is 6.08. The fourth-order valence-corrected chi connectivity index (χ4v) is 2.59. The Labute approximate surface area is 111 Å². The number of aromatic nitrogens is 2. The largest absolute Gasteiger partial charge is 0.386 e. The summed E-state index contributed by atoms with van der Waals surface area (Å²) in [6, 6.07) is 1.92. The normalized spacial score (nSPS) is 14.5. The molecule has 0 bridgehead atoms. The van der Waals surface area contributed by atoms with Crippen LogP contribution in [0.4, 0.5) is 0 Å². The van der Waals surface area contributed by atoms with Gasteiger partial charge in [0.2, 0.25) is 11.7 Å². The number of aliphatic hydroxyl groups is 1. The zero-order chi connectivity index (χ0) is 12.5. The third-order valence-corrected chi connectivity index (χ3v) is 3.89. The molecule has 0 amide bonds. The van der Waals surface area contributed by atoms with Gasteiger partial charge in [0.25, 0.3) is 0 Å². The number of hydrogen-bond acceptors (Lipinski definition) is 5. The van der Waals surface area contributed by atoms with Crippen molar-refractivity contribution < 1.29 is 9.63 Å². The lowest BCUT2D eigenvalue weighted by Gasteiger charge is -2.14. The van der Waals surface area contributed by atoms with E-state index in [1.165, 1.54) is 17.4 Å². The molecule has 0 saturated carbocycles. The van der Waals surface area contributed by atoms with E-state index in [-0.39, 0.29) is 6.42 Å². The molecule has 1 N–H and O–H groups in total. The van der Waals surface area contributed by atoms with E-state index < -0.39 is 5.60 Å². The van der Waals surface area contributed by atoms with Gasteiger partial charge in [0.1, 0.15) is 0 Å². The molecule has 1 atom stereocenters. The van der Waals surface area contributed by atoms with Crippen LogP contribution >= 0.6 is 27.3 Å². The van der Waals surface area contributed by atoms with Crippen molar-refractivity contribution in [3.63, 3.8) is 0 Å². The van der Waals surface area contributed by atoms with Crippen LogP contribution < -0.4 is 0 Å². The van der Waals surface area contributed by atoms with Gasteiger partial charge in [-0.1, -0.05) is 11.2 Å². The van der Waals surface area contributed by atoms with Crippen molar-refractivity contribution >= 4 is 27.3 Å². The smallest absolute Gasteiger partial charge is 0.230 e. The molecule has 2 aromatic heterocycles. The Bertz CT molecular complexity index is 533. The Balaban J connectivity index is 2.19. The molecule has 0 aliphatic rings. The van der Waals surface area contributed by atoms with Gasteiger partial charge in [0.15, 0.2) is 0 Å². The second-order valence-corrected chi connectivity index (χ2v) is 5.71. The molecule has 2 aromatic rings. The minimum absolute atomic E-state index is 0.260. The number of halogens is 1. The quantitative estimate of drug-likeness (QED) is 0.881. The summed E-state index contributed by atoms with van der Waals surface area (Å²) in [5, 5.41) is 15.6. The topological polar surface area (TPSA) is 59.2 Å². The van der Waals surface area contributed by atoms with Crippen LogP contribution in [0.15, 0.2) is 33.1 Å². The summed E-state index contributed by atoms with van der Waals surface area (Å²) in [6.45, 7) is 5.20. The zero-order valence-electron chi connectivity index (χ0n) is 9.18. The molecule has 1 unspecified atom stereocenters. The van der Waals surface area contributed by atoms with Crippen molar-refractivity contribution in [1.29, 1.82) is 0 Å². The molecule has 6 heteroatoms. The predicted molar refractivity (Wildman–Crippen MR) is 69.8 cm³/mol. The first-order chi connectivity index (χ1) is 8.00. The van der Waals surface area contributed by atoms with Crippen molar-refractivity contribution in [2.75, 3.05) is 0 Å². The fourth-order valence-electron chi connectivity index (χ4n) is 1.24. The Hall–Kier alpha value is -0.980. The van der Waals surface area contributed by atoms with Crippen molar-refractivity contribution in [1.82, 2.24) is 10.1 Å². The zero-order valence-corrected chi connectivity index (χ0v) is 11.6. The molecular weight excluding hydrogens is 304 g/mol. The van der Waals surface area contributed by atoms with Crippen LogP contribution in [-0.2, 0) is 6.42 Å². The number of thiophene rings is 1. The van der Waals surface area contributed by atoms with Crippen molar-refractivity contribution in [2.45, 2.75) is 18.9 Å². The Morgan fingerprint density at radius 3 is 3.06 bits per heavy atom. The van der Waals surface area contributed by atoms with Gasteiger partial charge in [-0.25, -0.2) is 0 Å². The maximum absolute atomic E-state index is 9.81. The highest BCUT2D eigenvalue weighted by molar-refractivity contribution is 9.10. The third kappa shape index (κ3) is 3.02. The van der Waals surface area contributed by atoms with Gasteiger partial charge < -0.3 is 9.63 Å². The molecular formula is C11H11BrN2O2S. The SMILES string of the molecule is C=CC(C)(O)Cc1nc(-c2cc(Br)cs2)no1. The number of rotatable bonds is 4. The monoisotopic (exact) mass is 314 g/mol. The summed E-state index contributed by atoms with van der Waals surface area (Å²) in [5.74, 6) is 0.935. The van der Waals surface area contributed by atoms with Gasteiger partial charge in [-0.3, -0.25) is 0 Å². The van der Waals surface area contributed by atoms with Crippen LogP contribution in [0.3, 0.4) is 0 Å². The molecule has 0 spiro atoms. The van der Waals surface area contributed by atoms with E-state index >= 15 is 0 Å². The van der Waals surface area contributed by atoms with E-state index in [0.717, 1.165) is 9.35 Å². The van der Waals surface area contributed by atoms with Gasteiger partial charge >= 0.3 is 0 Å². The third-order valence-electron chi connectivity index (χ3n) is 2.20. The molecule has 2 heterocycles. The minimum atomic E-state index is -1.03. The average Bonchev–Trinajstić information content (AvgIpc) is 2.86. The lowest BCUT2D eigenvalue weighted by molar-refractivity contribution is 0.102. The maximum Gasteiger partial charge on any atom is 0.230 e. The van der Waals surface area contributed by atoms with E-state index in [0.29, 0.717) is 11.7 Å². The lowest BCUT2D eigenvalue weighted by atomic mass is 10.0. The van der Waals surface area contributed by atoms with Crippen molar-refractivity contribution in [3.05, 3.63) is 34.5 Å². The Morgan fingerprint density at radius 1 is 1.71 bits per heavy atom. The summed E-state index contributed by atoms with van der Waals surface area (Å²) in [4.78, 5) is 5.15.